The van der Waals surface area contributed by atoms with Crippen LogP contribution in [0, 0.1) is 11.8 Å². The molecular weight excluding hydrogens is 174 g/mol. The van der Waals surface area contributed by atoms with Crippen molar-refractivity contribution < 1.29 is 4.74 Å². The van der Waals surface area contributed by atoms with Crippen LogP contribution in [0.15, 0.2) is 0 Å². The summed E-state index contributed by atoms with van der Waals surface area (Å²) in [6.45, 7) is 1.89. The van der Waals surface area contributed by atoms with Crippen LogP contribution in [0.3, 0.4) is 0 Å². The summed E-state index contributed by atoms with van der Waals surface area (Å²) in [5, 5.41) is 3.31. The van der Waals surface area contributed by atoms with Gasteiger partial charge in [-0.2, -0.15) is 0 Å². The van der Waals surface area contributed by atoms with Gasteiger partial charge in [-0.25, -0.2) is 0 Å². The molecule has 1 rings (SSSR count). The van der Waals surface area contributed by atoms with Crippen molar-refractivity contribution in [1.29, 1.82) is 0 Å². The molecule has 2 heteroatoms. The van der Waals surface area contributed by atoms with Gasteiger partial charge in [0.2, 0.25) is 0 Å². The molecule has 1 atom stereocenters. The molecule has 80 valence electrons. The molecule has 1 aliphatic carbocycles. The Kier molecular flexibility index (Phi) is 4.44. The fourth-order valence-electron chi connectivity index (χ4n) is 2.01. The Morgan fingerprint density at radius 3 is 2.57 bits per heavy atom. The van der Waals surface area contributed by atoms with E-state index >= 15 is 0 Å². The summed E-state index contributed by atoms with van der Waals surface area (Å²) in [6, 6.07) is 0.475. The molecule has 0 saturated heterocycles. The molecule has 0 radical (unpaired) electrons. The van der Waals surface area contributed by atoms with Crippen LogP contribution < -0.4 is 5.32 Å². The van der Waals surface area contributed by atoms with Crippen molar-refractivity contribution in [3.8, 4) is 11.8 Å². The van der Waals surface area contributed by atoms with Gasteiger partial charge in [0.05, 0.1) is 5.60 Å². The monoisotopic (exact) mass is 195 g/mol. The van der Waals surface area contributed by atoms with Gasteiger partial charge < -0.3 is 10.1 Å². The maximum atomic E-state index is 5.60. The molecule has 1 saturated carbocycles. The molecule has 0 amide bonds. The van der Waals surface area contributed by atoms with Crippen LogP contribution in [0.2, 0.25) is 0 Å². The molecule has 2 nitrogen and oxygen atoms in total. The number of hydrogen-bond donors (Lipinski definition) is 1. The van der Waals surface area contributed by atoms with Crippen LogP contribution in [-0.4, -0.2) is 25.8 Å². The molecule has 0 heterocycles. The SMILES string of the molecule is CC#CCC(CC1(OC)CCC1)NC. The largest absolute Gasteiger partial charge is 0.378 e. The van der Waals surface area contributed by atoms with Gasteiger partial charge in [-0.15, -0.1) is 11.8 Å². The van der Waals surface area contributed by atoms with Crippen molar-refractivity contribution >= 4 is 0 Å². The molecule has 0 bridgehead atoms. The van der Waals surface area contributed by atoms with Crippen molar-refractivity contribution in [3.63, 3.8) is 0 Å². The Bertz CT molecular complexity index is 217. The van der Waals surface area contributed by atoms with Gasteiger partial charge in [0.25, 0.3) is 0 Å². The summed E-state index contributed by atoms with van der Waals surface area (Å²) < 4.78 is 5.60. The first kappa shape index (κ1) is 11.6. The first-order valence-corrected chi connectivity index (χ1v) is 5.38. The molecule has 0 aromatic carbocycles. The highest BCUT2D eigenvalue weighted by atomic mass is 16.5. The molecule has 1 fully saturated rings. The summed E-state index contributed by atoms with van der Waals surface area (Å²) in [5.74, 6) is 6.07. The third-order valence-electron chi connectivity index (χ3n) is 3.25. The molecule has 0 aromatic heterocycles. The number of hydrogen-bond acceptors (Lipinski definition) is 2. The number of rotatable bonds is 5. The minimum atomic E-state index is 0.156. The zero-order valence-electron chi connectivity index (χ0n) is 9.52. The predicted octanol–water partition coefficient (Wildman–Crippen LogP) is 1.95. The molecule has 0 aliphatic heterocycles. The van der Waals surface area contributed by atoms with E-state index in [1.807, 2.05) is 21.1 Å². The van der Waals surface area contributed by atoms with Crippen LogP contribution in [0.4, 0.5) is 0 Å². The van der Waals surface area contributed by atoms with E-state index in [4.69, 9.17) is 4.74 Å². The lowest BCUT2D eigenvalue weighted by Crippen LogP contribution is -2.45. The second-order valence-corrected chi connectivity index (χ2v) is 4.06. The van der Waals surface area contributed by atoms with E-state index in [1.54, 1.807) is 0 Å². The lowest BCUT2D eigenvalue weighted by molar-refractivity contribution is -0.0828. The van der Waals surface area contributed by atoms with Gasteiger partial charge >= 0.3 is 0 Å². The van der Waals surface area contributed by atoms with E-state index in [1.165, 1.54) is 19.3 Å². The van der Waals surface area contributed by atoms with Crippen molar-refractivity contribution in [1.82, 2.24) is 5.32 Å². The first-order chi connectivity index (χ1) is 6.76. The molecule has 0 spiro atoms. The Hall–Kier alpha value is -0.520. The third kappa shape index (κ3) is 2.73. The lowest BCUT2D eigenvalue weighted by Gasteiger charge is -2.42. The highest BCUT2D eigenvalue weighted by Crippen LogP contribution is 2.39. The van der Waals surface area contributed by atoms with Crippen molar-refractivity contribution in [2.75, 3.05) is 14.2 Å². The Morgan fingerprint density at radius 2 is 2.21 bits per heavy atom. The van der Waals surface area contributed by atoms with Crippen molar-refractivity contribution in [2.45, 2.75) is 50.7 Å². The topological polar surface area (TPSA) is 21.3 Å². The maximum absolute atomic E-state index is 5.60. The molecule has 0 aromatic rings. The van der Waals surface area contributed by atoms with Crippen molar-refractivity contribution in [3.05, 3.63) is 0 Å². The lowest BCUT2D eigenvalue weighted by atomic mass is 9.75. The minimum Gasteiger partial charge on any atom is -0.378 e. The Balaban J connectivity index is 2.40. The van der Waals surface area contributed by atoms with E-state index in [0.717, 1.165) is 12.8 Å². The van der Waals surface area contributed by atoms with E-state index in [9.17, 15) is 0 Å². The summed E-state index contributed by atoms with van der Waals surface area (Å²) in [6.07, 6.45) is 5.75. The predicted molar refractivity (Wildman–Crippen MR) is 59.1 cm³/mol. The van der Waals surface area contributed by atoms with Crippen LogP contribution in [-0.2, 0) is 4.74 Å². The number of ether oxygens (including phenoxy) is 1. The summed E-state index contributed by atoms with van der Waals surface area (Å²) in [7, 11) is 3.83. The van der Waals surface area contributed by atoms with E-state index < -0.39 is 0 Å². The molecule has 1 N–H and O–H groups in total. The van der Waals surface area contributed by atoms with E-state index in [2.05, 4.69) is 17.2 Å². The standard InChI is InChI=1S/C12H21NO/c1-4-5-7-11(13-2)10-12(14-3)8-6-9-12/h11,13H,6-10H2,1-3H3. The zero-order valence-corrected chi connectivity index (χ0v) is 9.52. The normalized spacial score (nSPS) is 20.5. The van der Waals surface area contributed by atoms with Crippen LogP contribution in [0.1, 0.15) is 39.0 Å². The van der Waals surface area contributed by atoms with Crippen LogP contribution >= 0.6 is 0 Å². The fraction of sp³-hybridized carbons (Fsp3) is 0.833. The first-order valence-electron chi connectivity index (χ1n) is 5.38. The molecule has 1 unspecified atom stereocenters. The minimum absolute atomic E-state index is 0.156. The Morgan fingerprint density at radius 1 is 1.50 bits per heavy atom. The van der Waals surface area contributed by atoms with Crippen LogP contribution in [0.5, 0.6) is 0 Å². The van der Waals surface area contributed by atoms with E-state index in [-0.39, 0.29) is 5.60 Å². The molecule has 1 aliphatic rings. The van der Waals surface area contributed by atoms with Gasteiger partial charge in [0.15, 0.2) is 0 Å². The fourth-order valence-corrected chi connectivity index (χ4v) is 2.01. The summed E-state index contributed by atoms with van der Waals surface area (Å²) in [4.78, 5) is 0. The third-order valence-corrected chi connectivity index (χ3v) is 3.25. The van der Waals surface area contributed by atoms with Gasteiger partial charge in [0, 0.05) is 19.6 Å². The van der Waals surface area contributed by atoms with Gasteiger partial charge in [-0.3, -0.25) is 0 Å². The quantitative estimate of drug-likeness (QED) is 0.677. The second kappa shape index (κ2) is 5.38. The smallest absolute Gasteiger partial charge is 0.0694 e. The second-order valence-electron chi connectivity index (χ2n) is 4.06. The van der Waals surface area contributed by atoms with Crippen molar-refractivity contribution in [2.24, 2.45) is 0 Å². The summed E-state index contributed by atoms with van der Waals surface area (Å²) in [5.41, 5.74) is 0.156. The maximum Gasteiger partial charge on any atom is 0.0694 e. The zero-order chi connectivity index (χ0) is 10.4. The average Bonchev–Trinajstić information content (AvgIpc) is 2.16. The van der Waals surface area contributed by atoms with Gasteiger partial charge in [-0.1, -0.05) is 0 Å². The van der Waals surface area contributed by atoms with Crippen LogP contribution in [0.25, 0.3) is 0 Å². The molecular formula is C12H21NO. The number of nitrogens with one attached hydrogen (secondary N) is 1. The number of methoxy groups -OCH3 is 1. The highest BCUT2D eigenvalue weighted by molar-refractivity contribution is 5.01. The molecule has 14 heavy (non-hydrogen) atoms. The summed E-state index contributed by atoms with van der Waals surface area (Å²) >= 11 is 0. The Labute approximate surface area is 87.4 Å². The highest BCUT2D eigenvalue weighted by Gasteiger charge is 2.38. The average molecular weight is 195 g/mol. The van der Waals surface area contributed by atoms with Gasteiger partial charge in [0.1, 0.15) is 0 Å². The van der Waals surface area contributed by atoms with Gasteiger partial charge in [-0.05, 0) is 39.7 Å². The van der Waals surface area contributed by atoms with E-state index in [0.29, 0.717) is 6.04 Å².